The predicted octanol–water partition coefficient (Wildman–Crippen LogP) is 0.570. The van der Waals surface area contributed by atoms with E-state index in [1.54, 1.807) is 13.8 Å². The molecule has 0 aromatic heterocycles. The second kappa shape index (κ2) is 4.13. The average Bonchev–Trinajstić information content (AvgIpc) is 2.03. The Labute approximate surface area is 72.7 Å². The summed E-state index contributed by atoms with van der Waals surface area (Å²) in [6.07, 6.45) is 5.07. The highest BCUT2D eigenvalue weighted by Crippen LogP contribution is 2.17. The molecular weight excluding hydrogens is 156 g/mol. The fourth-order valence-corrected chi connectivity index (χ4v) is 0.616. The molecule has 3 nitrogen and oxygen atoms in total. The molecule has 2 atom stereocenters. The highest BCUT2D eigenvalue weighted by molar-refractivity contribution is 5.79. The summed E-state index contributed by atoms with van der Waals surface area (Å²) in [6.45, 7) is 4.87. The Morgan fingerprint density at radius 1 is 1.83 bits per heavy atom. The number of carbonyl (C=O) groups excluding carboxylic acids is 1. The lowest BCUT2D eigenvalue weighted by atomic mass is 9.92. The van der Waals surface area contributed by atoms with Gasteiger partial charge in [0.1, 0.15) is 0 Å². The molecule has 0 saturated heterocycles. The maximum absolute atomic E-state index is 11.1. The zero-order valence-corrected chi connectivity index (χ0v) is 7.63. The summed E-state index contributed by atoms with van der Waals surface area (Å²) in [7, 11) is 0. The van der Waals surface area contributed by atoms with Crippen LogP contribution in [0.5, 0.6) is 0 Å². The molecule has 0 spiro atoms. The molecule has 0 aromatic rings. The van der Waals surface area contributed by atoms with Gasteiger partial charge < -0.3 is 9.84 Å². The number of aliphatic hydroxyl groups is 1. The first kappa shape index (κ1) is 11.0. The largest absolute Gasteiger partial charge is 0.464 e. The average molecular weight is 170 g/mol. The van der Waals surface area contributed by atoms with Crippen LogP contribution in [-0.4, -0.2) is 23.3 Å². The van der Waals surface area contributed by atoms with E-state index in [9.17, 15) is 9.90 Å². The van der Waals surface area contributed by atoms with Crippen LogP contribution in [0.25, 0.3) is 0 Å². The van der Waals surface area contributed by atoms with E-state index in [4.69, 9.17) is 6.42 Å². The quantitative estimate of drug-likeness (QED) is 0.497. The van der Waals surface area contributed by atoms with Crippen molar-refractivity contribution in [1.82, 2.24) is 0 Å². The van der Waals surface area contributed by atoms with Crippen LogP contribution in [0, 0.1) is 18.3 Å². The molecule has 0 saturated carbocycles. The standard InChI is InChI=1S/C9H14O3/c1-5-7(3)9(4,11)8(10)12-6-2/h1,7,11H,6H2,2-4H3/t7-,9+/m1/s1. The van der Waals surface area contributed by atoms with Crippen LogP contribution in [0.4, 0.5) is 0 Å². The molecule has 0 unspecified atom stereocenters. The zero-order chi connectivity index (χ0) is 9.78. The van der Waals surface area contributed by atoms with Gasteiger partial charge >= 0.3 is 5.97 Å². The van der Waals surface area contributed by atoms with Crippen LogP contribution in [0.3, 0.4) is 0 Å². The highest BCUT2D eigenvalue weighted by Gasteiger charge is 2.37. The fourth-order valence-electron chi connectivity index (χ4n) is 0.616. The first-order valence-corrected chi connectivity index (χ1v) is 3.82. The van der Waals surface area contributed by atoms with Crippen LogP contribution in [-0.2, 0) is 9.53 Å². The van der Waals surface area contributed by atoms with Crippen LogP contribution >= 0.6 is 0 Å². The number of carbonyl (C=O) groups is 1. The Hall–Kier alpha value is -1.01. The molecule has 1 N–H and O–H groups in total. The van der Waals surface area contributed by atoms with Gasteiger partial charge in [-0.15, -0.1) is 6.42 Å². The molecule has 12 heavy (non-hydrogen) atoms. The van der Waals surface area contributed by atoms with Crippen molar-refractivity contribution in [2.24, 2.45) is 5.92 Å². The lowest BCUT2D eigenvalue weighted by Crippen LogP contribution is -2.42. The van der Waals surface area contributed by atoms with Crippen molar-refractivity contribution in [1.29, 1.82) is 0 Å². The molecule has 0 radical (unpaired) electrons. The molecule has 0 aliphatic heterocycles. The van der Waals surface area contributed by atoms with E-state index in [0.29, 0.717) is 0 Å². The minimum atomic E-state index is -1.58. The van der Waals surface area contributed by atoms with E-state index < -0.39 is 17.5 Å². The molecule has 0 aliphatic rings. The first-order valence-electron chi connectivity index (χ1n) is 3.82. The Morgan fingerprint density at radius 2 is 2.33 bits per heavy atom. The molecule has 0 fully saturated rings. The summed E-state index contributed by atoms with van der Waals surface area (Å²) < 4.78 is 4.65. The Morgan fingerprint density at radius 3 is 2.67 bits per heavy atom. The molecule has 0 amide bonds. The zero-order valence-electron chi connectivity index (χ0n) is 7.63. The van der Waals surface area contributed by atoms with E-state index in [2.05, 4.69) is 10.7 Å². The van der Waals surface area contributed by atoms with Gasteiger partial charge in [-0.3, -0.25) is 0 Å². The van der Waals surface area contributed by atoms with Crippen LogP contribution in [0.1, 0.15) is 20.8 Å². The summed E-state index contributed by atoms with van der Waals surface area (Å²) in [5.74, 6) is 1.08. The molecule has 0 rings (SSSR count). The van der Waals surface area contributed by atoms with Crippen molar-refractivity contribution in [2.45, 2.75) is 26.4 Å². The number of ether oxygens (including phenoxy) is 1. The third kappa shape index (κ3) is 2.24. The lowest BCUT2D eigenvalue weighted by Gasteiger charge is -2.23. The monoisotopic (exact) mass is 170 g/mol. The van der Waals surface area contributed by atoms with Gasteiger partial charge in [-0.25, -0.2) is 4.79 Å². The first-order chi connectivity index (χ1) is 5.46. The van der Waals surface area contributed by atoms with E-state index in [1.165, 1.54) is 6.92 Å². The Kier molecular flexibility index (Phi) is 3.78. The van der Waals surface area contributed by atoms with Gasteiger partial charge in [0.05, 0.1) is 12.5 Å². The van der Waals surface area contributed by atoms with E-state index in [-0.39, 0.29) is 6.61 Å². The molecule has 0 bridgehead atoms. The number of terminal acetylenes is 1. The summed E-state index contributed by atoms with van der Waals surface area (Å²) >= 11 is 0. The van der Waals surface area contributed by atoms with Crippen molar-refractivity contribution in [3.05, 3.63) is 0 Å². The maximum Gasteiger partial charge on any atom is 0.339 e. The summed E-state index contributed by atoms with van der Waals surface area (Å²) in [5.41, 5.74) is -1.58. The van der Waals surface area contributed by atoms with Gasteiger partial charge in [-0.2, -0.15) is 0 Å². The Balaban J connectivity index is 4.40. The summed E-state index contributed by atoms with van der Waals surface area (Å²) in [5, 5.41) is 9.57. The lowest BCUT2D eigenvalue weighted by molar-refractivity contribution is -0.166. The van der Waals surface area contributed by atoms with Gasteiger partial charge in [0.15, 0.2) is 5.60 Å². The normalized spacial score (nSPS) is 17.2. The van der Waals surface area contributed by atoms with E-state index >= 15 is 0 Å². The van der Waals surface area contributed by atoms with Crippen molar-refractivity contribution in [3.63, 3.8) is 0 Å². The van der Waals surface area contributed by atoms with Crippen LogP contribution < -0.4 is 0 Å². The highest BCUT2D eigenvalue weighted by atomic mass is 16.5. The number of esters is 1. The summed E-state index contributed by atoms with van der Waals surface area (Å²) in [4.78, 5) is 11.1. The fraction of sp³-hybridized carbons (Fsp3) is 0.667. The summed E-state index contributed by atoms with van der Waals surface area (Å²) in [6, 6.07) is 0. The SMILES string of the molecule is C#C[C@@H](C)[C@](C)(O)C(=O)OCC. The van der Waals surface area contributed by atoms with Gasteiger partial charge in [0, 0.05) is 0 Å². The molecule has 0 aliphatic carbocycles. The third-order valence-electron chi connectivity index (χ3n) is 1.78. The third-order valence-corrected chi connectivity index (χ3v) is 1.78. The molecule has 68 valence electrons. The minimum Gasteiger partial charge on any atom is -0.464 e. The van der Waals surface area contributed by atoms with E-state index in [0.717, 1.165) is 0 Å². The smallest absolute Gasteiger partial charge is 0.339 e. The maximum atomic E-state index is 11.1. The number of rotatable bonds is 3. The van der Waals surface area contributed by atoms with Crippen molar-refractivity contribution < 1.29 is 14.6 Å². The van der Waals surface area contributed by atoms with Crippen LogP contribution in [0.15, 0.2) is 0 Å². The second-order valence-corrected chi connectivity index (χ2v) is 2.76. The van der Waals surface area contributed by atoms with Crippen molar-refractivity contribution >= 4 is 5.97 Å². The van der Waals surface area contributed by atoms with Gasteiger partial charge in [-0.05, 0) is 20.8 Å². The van der Waals surface area contributed by atoms with Crippen LogP contribution in [0.2, 0.25) is 0 Å². The molecule has 0 aromatic carbocycles. The van der Waals surface area contributed by atoms with Gasteiger partial charge in [-0.1, -0.05) is 5.92 Å². The minimum absolute atomic E-state index is 0.242. The van der Waals surface area contributed by atoms with E-state index in [1.807, 2.05) is 0 Å². The predicted molar refractivity (Wildman–Crippen MR) is 45.3 cm³/mol. The van der Waals surface area contributed by atoms with Gasteiger partial charge in [0.25, 0.3) is 0 Å². The molecule has 3 heteroatoms. The van der Waals surface area contributed by atoms with Crippen molar-refractivity contribution in [3.8, 4) is 12.3 Å². The Bertz CT molecular complexity index is 200. The second-order valence-electron chi connectivity index (χ2n) is 2.76. The topological polar surface area (TPSA) is 46.5 Å². The number of hydrogen-bond acceptors (Lipinski definition) is 3. The van der Waals surface area contributed by atoms with Gasteiger partial charge in [0.2, 0.25) is 0 Å². The van der Waals surface area contributed by atoms with Crippen molar-refractivity contribution in [2.75, 3.05) is 6.61 Å². The molecule has 0 heterocycles. The number of hydrogen-bond donors (Lipinski definition) is 1. The molecular formula is C9H14O3.